The third-order valence-electron chi connectivity index (χ3n) is 0.112. The van der Waals surface area contributed by atoms with Crippen LogP contribution >= 0.6 is 0 Å². The molecule has 0 amide bonds. The van der Waals surface area contributed by atoms with E-state index in [1.807, 2.05) is 0 Å². The minimum Gasteiger partial charge on any atom is -0.359 e. The molecule has 0 aliphatic heterocycles. The first-order valence-electron chi connectivity index (χ1n) is 1.05. The van der Waals surface area contributed by atoms with Crippen LogP contribution in [-0.2, 0) is 4.79 Å². The highest BCUT2D eigenvalue weighted by Crippen LogP contribution is 1.69. The molecule has 0 bridgehead atoms. The molecular formula is C2H3FO2. The van der Waals surface area contributed by atoms with E-state index in [0.717, 1.165) is 0 Å². The predicted octanol–water partition coefficient (Wildman–Crippen LogP) is -0.527. The minimum absolute atomic E-state index is 0.194. The molecule has 1 atom stereocenters. The van der Waals surface area contributed by atoms with Gasteiger partial charge in [-0.2, -0.15) is 0 Å². The van der Waals surface area contributed by atoms with Crippen LogP contribution in [0.4, 0.5) is 4.39 Å². The highest BCUT2D eigenvalue weighted by molar-refractivity contribution is 5.52. The van der Waals surface area contributed by atoms with Crippen LogP contribution in [-0.4, -0.2) is 17.8 Å². The molecule has 0 saturated carbocycles. The van der Waals surface area contributed by atoms with Gasteiger partial charge in [-0.25, -0.2) is 4.39 Å². The third kappa shape index (κ3) is 3.56. The number of alkyl halides is 1. The molecule has 0 aromatic rings. The second-order valence-electron chi connectivity index (χ2n) is 0.509. The number of hydrogen-bond donors (Lipinski definition) is 1. The van der Waals surface area contributed by atoms with Crippen LogP contribution in [0.2, 0.25) is 0 Å². The van der Waals surface area contributed by atoms with E-state index in [4.69, 9.17) is 9.90 Å². The lowest BCUT2D eigenvalue weighted by Gasteiger charge is -1.75. The van der Waals surface area contributed by atoms with E-state index in [-0.39, 0.29) is 6.29 Å². The van der Waals surface area contributed by atoms with Crippen molar-refractivity contribution in [2.24, 2.45) is 0 Å². The van der Waals surface area contributed by atoms with Crippen molar-refractivity contribution in [3.63, 3.8) is 0 Å². The van der Waals surface area contributed by atoms with Crippen LogP contribution in [0.5, 0.6) is 0 Å². The molecule has 0 fully saturated rings. The van der Waals surface area contributed by atoms with Gasteiger partial charge in [0, 0.05) is 0 Å². The van der Waals surface area contributed by atoms with Crippen LogP contribution in [0.25, 0.3) is 0 Å². The van der Waals surface area contributed by atoms with Gasteiger partial charge in [-0.15, -0.1) is 0 Å². The number of aldehydes is 1. The van der Waals surface area contributed by atoms with E-state index in [2.05, 4.69) is 0 Å². The molecule has 0 heterocycles. The van der Waals surface area contributed by atoms with Gasteiger partial charge in [0.1, 0.15) is 0 Å². The quantitative estimate of drug-likeness (QED) is 0.428. The first-order valence-corrected chi connectivity index (χ1v) is 1.05. The summed E-state index contributed by atoms with van der Waals surface area (Å²) in [6, 6.07) is 0. The molecule has 0 radical (unpaired) electrons. The van der Waals surface area contributed by atoms with E-state index < -0.39 is 6.36 Å². The fraction of sp³-hybridized carbons (Fsp3) is 0.500. The summed E-state index contributed by atoms with van der Waals surface area (Å²) >= 11 is 0. The maximum Gasteiger partial charge on any atom is 0.252 e. The lowest BCUT2D eigenvalue weighted by molar-refractivity contribution is -0.122. The summed E-state index contributed by atoms with van der Waals surface area (Å²) < 4.78 is 10.6. The van der Waals surface area contributed by atoms with Crippen molar-refractivity contribution in [2.75, 3.05) is 0 Å². The van der Waals surface area contributed by atoms with Crippen LogP contribution in [0.1, 0.15) is 0 Å². The Morgan fingerprint density at radius 2 is 2.20 bits per heavy atom. The van der Waals surface area contributed by atoms with Crippen molar-refractivity contribution in [1.29, 1.82) is 0 Å². The van der Waals surface area contributed by atoms with Gasteiger partial charge in [0.25, 0.3) is 6.36 Å². The van der Waals surface area contributed by atoms with Crippen LogP contribution in [0.15, 0.2) is 0 Å². The molecule has 0 aromatic heterocycles. The average molecular weight is 78.0 g/mol. The van der Waals surface area contributed by atoms with Gasteiger partial charge in [0.2, 0.25) is 0 Å². The Labute approximate surface area is 28.2 Å². The Morgan fingerprint density at radius 3 is 2.20 bits per heavy atom. The van der Waals surface area contributed by atoms with Crippen molar-refractivity contribution in [1.82, 2.24) is 0 Å². The lowest BCUT2D eigenvalue weighted by Crippen LogP contribution is -1.95. The molecule has 2 nitrogen and oxygen atoms in total. The summed E-state index contributed by atoms with van der Waals surface area (Å²) in [6.45, 7) is 0. The number of carbonyl (C=O) groups is 1. The van der Waals surface area contributed by atoms with Gasteiger partial charge in [-0.3, -0.25) is 4.79 Å². The Balaban J connectivity index is 2.83. The van der Waals surface area contributed by atoms with Gasteiger partial charge in [-0.1, -0.05) is 0 Å². The van der Waals surface area contributed by atoms with Gasteiger partial charge in [-0.05, 0) is 0 Å². The van der Waals surface area contributed by atoms with Crippen molar-refractivity contribution >= 4 is 6.29 Å². The zero-order chi connectivity index (χ0) is 4.28. The predicted molar refractivity (Wildman–Crippen MR) is 13.2 cm³/mol. The topological polar surface area (TPSA) is 37.3 Å². The summed E-state index contributed by atoms with van der Waals surface area (Å²) in [5, 5.41) is 7.33. The molecule has 0 rings (SSSR count). The lowest BCUT2D eigenvalue weighted by atomic mass is 10.8. The number of aliphatic hydroxyl groups is 1. The van der Waals surface area contributed by atoms with Gasteiger partial charge >= 0.3 is 0 Å². The Hall–Kier alpha value is -0.440. The van der Waals surface area contributed by atoms with Crippen LogP contribution in [0.3, 0.4) is 0 Å². The van der Waals surface area contributed by atoms with E-state index in [1.54, 1.807) is 0 Å². The Bertz CT molecular complexity index is 34.6. The standard InChI is InChI=1S/C2H3FO2/c3-2(5)1-4/h1-2,5H. The average Bonchev–Trinajstić information content (AvgIpc) is 1.38. The molecule has 0 spiro atoms. The molecule has 1 unspecified atom stereocenters. The van der Waals surface area contributed by atoms with Crippen LogP contribution in [0, 0.1) is 0 Å². The summed E-state index contributed by atoms with van der Waals surface area (Å²) in [7, 11) is 0. The second kappa shape index (κ2) is 1.84. The van der Waals surface area contributed by atoms with E-state index >= 15 is 0 Å². The number of halogens is 1. The monoisotopic (exact) mass is 78.0 g/mol. The normalized spacial score (nSPS) is 14.0. The first kappa shape index (κ1) is 4.56. The summed E-state index contributed by atoms with van der Waals surface area (Å²) in [5.74, 6) is 0. The minimum atomic E-state index is -2.30. The summed E-state index contributed by atoms with van der Waals surface area (Å²) in [4.78, 5) is 8.88. The molecule has 0 saturated heterocycles. The van der Waals surface area contributed by atoms with E-state index in [0.29, 0.717) is 0 Å². The van der Waals surface area contributed by atoms with E-state index in [9.17, 15) is 4.39 Å². The fourth-order valence-electron chi connectivity index (χ4n) is 0. The largest absolute Gasteiger partial charge is 0.359 e. The highest BCUT2D eigenvalue weighted by atomic mass is 19.1. The maximum atomic E-state index is 10.6. The van der Waals surface area contributed by atoms with Gasteiger partial charge < -0.3 is 5.11 Å². The Morgan fingerprint density at radius 1 is 2.00 bits per heavy atom. The number of aliphatic hydroxyl groups excluding tert-OH is 1. The smallest absolute Gasteiger partial charge is 0.252 e. The third-order valence-corrected chi connectivity index (χ3v) is 0.112. The van der Waals surface area contributed by atoms with Gasteiger partial charge in [0.05, 0.1) is 0 Å². The molecule has 0 aliphatic carbocycles. The van der Waals surface area contributed by atoms with Crippen LogP contribution < -0.4 is 0 Å². The van der Waals surface area contributed by atoms with Crippen molar-refractivity contribution < 1.29 is 14.3 Å². The molecule has 1 N–H and O–H groups in total. The maximum absolute atomic E-state index is 10.6. The fourth-order valence-corrected chi connectivity index (χ4v) is 0. The molecular weight excluding hydrogens is 75.0 g/mol. The molecule has 0 aliphatic rings. The van der Waals surface area contributed by atoms with Crippen molar-refractivity contribution in [3.8, 4) is 0 Å². The summed E-state index contributed by atoms with van der Waals surface area (Å²) in [6.07, 6.45) is -2.49. The zero-order valence-electron chi connectivity index (χ0n) is 2.39. The first-order chi connectivity index (χ1) is 2.27. The van der Waals surface area contributed by atoms with Crippen molar-refractivity contribution in [2.45, 2.75) is 6.36 Å². The SMILES string of the molecule is O=CC(O)F. The molecule has 5 heavy (non-hydrogen) atoms. The van der Waals surface area contributed by atoms with E-state index in [1.165, 1.54) is 0 Å². The zero-order valence-corrected chi connectivity index (χ0v) is 2.39. The number of hydrogen-bond acceptors (Lipinski definition) is 2. The second-order valence-corrected chi connectivity index (χ2v) is 0.509. The van der Waals surface area contributed by atoms with Gasteiger partial charge in [0.15, 0.2) is 6.29 Å². The highest BCUT2D eigenvalue weighted by Gasteiger charge is 1.87. The molecule has 0 aromatic carbocycles. The van der Waals surface area contributed by atoms with Crippen molar-refractivity contribution in [3.05, 3.63) is 0 Å². The number of rotatable bonds is 1. The number of carbonyl (C=O) groups excluding carboxylic acids is 1. The summed E-state index contributed by atoms with van der Waals surface area (Å²) in [5.41, 5.74) is 0. The Kier molecular flexibility index (Phi) is 1.68. The molecule has 3 heteroatoms. The molecule has 30 valence electrons.